The zero-order chi connectivity index (χ0) is 43.2. The Morgan fingerprint density at radius 2 is 0.982 bits per heavy atom. The molecule has 12 heteroatoms. The molecular weight excluding hydrogens is 781 g/mol. The van der Waals surface area contributed by atoms with Crippen LogP contribution in [-0.2, 0) is 37.3 Å². The van der Waals surface area contributed by atoms with E-state index in [1.54, 1.807) is 0 Å². The van der Waals surface area contributed by atoms with Gasteiger partial charge in [-0.25, -0.2) is 0 Å². The van der Waals surface area contributed by atoms with E-state index < -0.39 is 32.8 Å². The number of epoxide rings is 3. The van der Waals surface area contributed by atoms with Crippen LogP contribution in [0.1, 0.15) is 93.4 Å². The fourth-order valence-corrected chi connectivity index (χ4v) is 20.6. The highest BCUT2D eigenvalue weighted by molar-refractivity contribution is 6.77. The molecule has 8 nitrogen and oxygen atoms in total. The Morgan fingerprint density at radius 1 is 0.561 bits per heavy atom. The lowest BCUT2D eigenvalue weighted by atomic mass is 9.77. The van der Waals surface area contributed by atoms with Crippen LogP contribution in [0.25, 0.3) is 0 Å². The van der Waals surface area contributed by atoms with Crippen LogP contribution in [0.4, 0.5) is 0 Å². The molecule has 0 saturated carbocycles. The first-order chi connectivity index (χ1) is 26.1. The minimum Gasteiger partial charge on any atom is -0.413 e. The second-order valence-corrected chi connectivity index (χ2v) is 43.1. The zero-order valence-electron chi connectivity index (χ0n) is 40.8. The summed E-state index contributed by atoms with van der Waals surface area (Å²) in [5, 5.41) is 0. The molecule has 3 aliphatic heterocycles. The molecule has 0 aromatic carbocycles. The van der Waals surface area contributed by atoms with E-state index in [9.17, 15) is 0 Å². The molecule has 0 spiro atoms. The van der Waals surface area contributed by atoms with Gasteiger partial charge in [0.1, 0.15) is 18.3 Å². The highest BCUT2D eigenvalue weighted by Crippen LogP contribution is 2.42. The van der Waals surface area contributed by atoms with Gasteiger partial charge in [-0.3, -0.25) is 0 Å². The molecule has 3 aliphatic rings. The second kappa shape index (κ2) is 23.8. The van der Waals surface area contributed by atoms with Crippen LogP contribution in [0.2, 0.25) is 89.6 Å². The van der Waals surface area contributed by atoms with Crippen LogP contribution in [0, 0.1) is 17.3 Å². The molecule has 3 fully saturated rings. The van der Waals surface area contributed by atoms with Crippen molar-refractivity contribution in [3.05, 3.63) is 0 Å². The maximum atomic E-state index is 6.73. The van der Waals surface area contributed by atoms with Gasteiger partial charge in [-0.1, -0.05) is 71.6 Å². The van der Waals surface area contributed by atoms with Gasteiger partial charge in [-0.05, 0) is 129 Å². The topological polar surface area (TPSA) is 83.7 Å². The van der Waals surface area contributed by atoms with Gasteiger partial charge in [0.15, 0.2) is 16.6 Å². The quantitative estimate of drug-likeness (QED) is 0.0375. The molecule has 6 atom stereocenters. The normalized spacial score (nSPS) is 22.4. The smallest absolute Gasteiger partial charge is 0.187 e. The first-order valence-electron chi connectivity index (χ1n) is 23.0. The van der Waals surface area contributed by atoms with E-state index in [2.05, 4.69) is 114 Å². The Balaban J connectivity index is 0.000000396. The number of hydrogen-bond acceptors (Lipinski definition) is 8. The number of rotatable bonds is 32. The molecule has 340 valence electrons. The van der Waals surface area contributed by atoms with Crippen molar-refractivity contribution in [1.82, 2.24) is 0 Å². The van der Waals surface area contributed by atoms with Gasteiger partial charge in [0.2, 0.25) is 0 Å². The maximum Gasteiger partial charge on any atom is 0.187 e. The minimum absolute atomic E-state index is 0.0165. The van der Waals surface area contributed by atoms with Crippen LogP contribution < -0.4 is 0 Å². The van der Waals surface area contributed by atoms with Crippen LogP contribution in [0.3, 0.4) is 0 Å². The maximum absolute atomic E-state index is 6.73. The third-order valence-electron chi connectivity index (χ3n) is 10.9. The Labute approximate surface area is 357 Å². The summed E-state index contributed by atoms with van der Waals surface area (Å²) in [6.45, 7) is 48.3. The standard InChI is InChI=1S/C23H48O5Si2.C22H48O3Si2/c1-20(19-29(4,5)12-8-10-24-15-21-17-26-21)14-23(2,3)28-30(6,7)13-9-11-25-16-22-18-27-22;1-19(14-21(2,3)25-27(8,9)10)15-22(4,18-26(5,6)7)12-11-13-23-16-20-17-24-20/h20-22H,8-19H2,1-7H3;19-20H,11-18H2,1-10H3. The molecule has 6 unspecified atom stereocenters. The van der Waals surface area contributed by atoms with E-state index in [1.807, 2.05) is 0 Å². The van der Waals surface area contributed by atoms with Crippen molar-refractivity contribution in [1.29, 1.82) is 0 Å². The van der Waals surface area contributed by atoms with E-state index in [1.165, 1.54) is 37.4 Å². The lowest BCUT2D eigenvalue weighted by molar-refractivity contribution is 0.0619. The van der Waals surface area contributed by atoms with Gasteiger partial charge in [-0.2, -0.15) is 0 Å². The summed E-state index contributed by atoms with van der Waals surface area (Å²) < 4.78 is 46.0. The fraction of sp³-hybridized carbons (Fsp3) is 1.00. The Kier molecular flexibility index (Phi) is 22.5. The molecule has 3 rings (SSSR count). The molecule has 57 heavy (non-hydrogen) atoms. The summed E-state index contributed by atoms with van der Waals surface area (Å²) in [5.41, 5.74) is 0.353. The van der Waals surface area contributed by atoms with E-state index in [0.29, 0.717) is 35.6 Å². The van der Waals surface area contributed by atoms with E-state index in [-0.39, 0.29) is 11.2 Å². The van der Waals surface area contributed by atoms with E-state index in [0.717, 1.165) is 91.2 Å². The van der Waals surface area contributed by atoms with Crippen molar-refractivity contribution in [2.24, 2.45) is 17.3 Å². The fourth-order valence-electron chi connectivity index (χ4n) is 9.95. The van der Waals surface area contributed by atoms with Crippen molar-refractivity contribution in [2.75, 3.05) is 59.5 Å². The lowest BCUT2D eigenvalue weighted by Crippen LogP contribution is -2.42. The summed E-state index contributed by atoms with van der Waals surface area (Å²) >= 11 is 0. The number of hydrogen-bond donors (Lipinski definition) is 0. The first-order valence-corrected chi connectivity index (χ1v) is 36.7. The molecule has 3 saturated heterocycles. The molecule has 3 heterocycles. The molecule has 0 N–H and O–H groups in total. The summed E-state index contributed by atoms with van der Waals surface area (Å²) in [6, 6.07) is 5.26. The van der Waals surface area contributed by atoms with Crippen LogP contribution in [0.15, 0.2) is 0 Å². The SMILES string of the molecule is CC(CC(C)(C)O[Si](C)(C)CCCOCC1CO1)C[Si](C)(C)CCCOCC1CO1.CC(CC(C)(CCCOCC1CO1)C[Si](C)(C)C)CC(C)(C)O[Si](C)(C)C. The average molecular weight is 878 g/mol. The van der Waals surface area contributed by atoms with Gasteiger partial charge >= 0.3 is 0 Å². The summed E-state index contributed by atoms with van der Waals surface area (Å²) in [5.74, 6) is 1.38. The van der Waals surface area contributed by atoms with E-state index >= 15 is 0 Å². The zero-order valence-corrected chi connectivity index (χ0v) is 44.8. The van der Waals surface area contributed by atoms with Crippen LogP contribution in [0.5, 0.6) is 0 Å². The lowest BCUT2D eigenvalue weighted by Gasteiger charge is -2.40. The Hall–Kier alpha value is 0.548. The average Bonchev–Trinajstić information content (AvgIpc) is 3.81. The molecule has 0 bridgehead atoms. The largest absolute Gasteiger partial charge is 0.413 e. The third-order valence-corrected chi connectivity index (χ3v) is 20.2. The monoisotopic (exact) mass is 877 g/mol. The predicted molar refractivity (Wildman–Crippen MR) is 252 cm³/mol. The molecule has 0 aliphatic carbocycles. The second-order valence-electron chi connectivity index (χ2n) is 23.7. The molecule has 0 aromatic rings. The van der Waals surface area contributed by atoms with Crippen molar-refractivity contribution in [2.45, 2.75) is 213 Å². The number of ether oxygens (including phenoxy) is 6. The van der Waals surface area contributed by atoms with Gasteiger partial charge in [0, 0.05) is 36.0 Å². The van der Waals surface area contributed by atoms with Gasteiger partial charge in [0.05, 0.1) is 50.8 Å². The van der Waals surface area contributed by atoms with Crippen LogP contribution >= 0.6 is 0 Å². The van der Waals surface area contributed by atoms with Crippen molar-refractivity contribution in [3.8, 4) is 0 Å². The molecule has 0 aromatic heterocycles. The summed E-state index contributed by atoms with van der Waals surface area (Å²) in [4.78, 5) is 0. The van der Waals surface area contributed by atoms with Crippen molar-refractivity contribution < 1.29 is 37.3 Å². The molecule has 0 radical (unpaired) electrons. The Bertz CT molecular complexity index is 1100. The predicted octanol–water partition coefficient (Wildman–Crippen LogP) is 11.9. The minimum atomic E-state index is -1.69. The molecule has 0 amide bonds. The van der Waals surface area contributed by atoms with Crippen molar-refractivity contribution >= 4 is 32.8 Å². The van der Waals surface area contributed by atoms with Crippen molar-refractivity contribution in [3.63, 3.8) is 0 Å². The summed E-state index contributed by atoms with van der Waals surface area (Å²) in [7, 11) is -5.52. The van der Waals surface area contributed by atoms with E-state index in [4.69, 9.17) is 37.3 Å². The Morgan fingerprint density at radius 3 is 1.42 bits per heavy atom. The summed E-state index contributed by atoms with van der Waals surface area (Å²) in [6.07, 6.45) is 9.42. The third kappa shape index (κ3) is 30.3. The first kappa shape index (κ1) is 53.7. The van der Waals surface area contributed by atoms with Gasteiger partial charge in [0.25, 0.3) is 0 Å². The van der Waals surface area contributed by atoms with Crippen LogP contribution in [-0.4, -0.2) is 122 Å². The highest BCUT2D eigenvalue weighted by atomic mass is 28.4. The van der Waals surface area contributed by atoms with Gasteiger partial charge in [-0.15, -0.1) is 0 Å². The highest BCUT2D eigenvalue weighted by Gasteiger charge is 2.36. The van der Waals surface area contributed by atoms with Gasteiger partial charge < -0.3 is 37.3 Å². The molecular formula is C45H96O8Si4.